The average Bonchev–Trinajstić information content (AvgIpc) is 3.17. The van der Waals surface area contributed by atoms with Gasteiger partial charge < -0.3 is 10.1 Å². The lowest BCUT2D eigenvalue weighted by Crippen LogP contribution is -2.07. The van der Waals surface area contributed by atoms with E-state index in [2.05, 4.69) is 54.5 Å². The number of rotatable bonds is 5. The first-order chi connectivity index (χ1) is 14.2. The first-order valence-corrected chi connectivity index (χ1v) is 10.7. The summed E-state index contributed by atoms with van der Waals surface area (Å²) in [5, 5.41) is 19.5. The molecule has 8 nitrogen and oxygen atoms in total. The number of anilines is 1. The number of hydrogen-bond donors (Lipinski definition) is 1. The van der Waals surface area contributed by atoms with Gasteiger partial charge in [-0.05, 0) is 25.1 Å². The second-order valence-electron chi connectivity index (χ2n) is 6.15. The van der Waals surface area contributed by atoms with Crippen molar-refractivity contribution >= 4 is 38.7 Å². The first kappa shape index (κ1) is 18.8. The summed E-state index contributed by atoms with van der Waals surface area (Å²) in [4.78, 5) is 8.80. The van der Waals surface area contributed by atoms with Gasteiger partial charge in [-0.3, -0.25) is 4.98 Å². The molecule has 0 bridgehead atoms. The summed E-state index contributed by atoms with van der Waals surface area (Å²) in [6, 6.07) is 7.43. The molecule has 4 aromatic heterocycles. The number of pyridine rings is 2. The van der Waals surface area contributed by atoms with E-state index in [0.717, 1.165) is 22.5 Å². The monoisotopic (exact) mass is 406 g/mol. The number of aromatic nitrogens is 6. The first-order valence-electron chi connectivity index (χ1n) is 9.01. The third-order valence-electron chi connectivity index (χ3n) is 4.28. The van der Waals surface area contributed by atoms with Crippen LogP contribution in [-0.2, 0) is 17.0 Å². The van der Waals surface area contributed by atoms with Crippen LogP contribution in [0.25, 0.3) is 16.7 Å². The molecule has 0 aromatic carbocycles. The molecular formula is C20H20N7OS+. The van der Waals surface area contributed by atoms with E-state index in [1.807, 2.05) is 24.3 Å². The number of hydrogen-bond acceptors (Lipinski definition) is 7. The van der Waals surface area contributed by atoms with Gasteiger partial charge in [-0.15, -0.1) is 10.2 Å². The van der Waals surface area contributed by atoms with E-state index in [0.29, 0.717) is 29.5 Å². The zero-order chi connectivity index (χ0) is 20.2. The fraction of sp³-hybridized carbons (Fsp3) is 0.200. The van der Waals surface area contributed by atoms with Crippen LogP contribution in [-0.4, -0.2) is 48.5 Å². The van der Waals surface area contributed by atoms with E-state index in [9.17, 15) is 0 Å². The van der Waals surface area contributed by atoms with Crippen LogP contribution in [0.15, 0.2) is 36.7 Å². The predicted molar refractivity (Wildman–Crippen MR) is 117 cm³/mol. The van der Waals surface area contributed by atoms with Gasteiger partial charge in [-0.1, -0.05) is 10.5 Å². The SMILES string of the molecule is C=[SH+](C#Cc1ccc2nnc(CNc3ccnc4cc(OC)cnc34)n2n1)CC. The number of nitrogens with zero attached hydrogens (tertiary/aromatic N) is 6. The third-order valence-corrected chi connectivity index (χ3v) is 5.47. The number of ether oxygens (including phenoxy) is 1. The number of nitrogens with one attached hydrogen (secondary N) is 1. The summed E-state index contributed by atoms with van der Waals surface area (Å²) in [5.41, 5.74) is 3.69. The van der Waals surface area contributed by atoms with Crippen molar-refractivity contribution in [3.8, 4) is 16.9 Å². The summed E-state index contributed by atoms with van der Waals surface area (Å²) in [5.74, 6) is 9.44. The molecule has 1 atom stereocenters. The molecule has 0 aliphatic heterocycles. The van der Waals surface area contributed by atoms with Crippen molar-refractivity contribution in [3.05, 3.63) is 48.2 Å². The lowest BCUT2D eigenvalue weighted by molar-refractivity contribution is 0.413. The standard InChI is InChI=1S/C20H19N7OS/c1-4-29(3)10-8-14-5-6-18-24-25-19(27(18)26-14)13-22-16-7-9-21-17-11-15(28-2)12-23-20(16)17/h5-7,9,11-12H,3-4,13H2,1-2H3,(H,21,22)/p+1. The molecule has 0 fully saturated rings. The second kappa shape index (κ2) is 8.24. The van der Waals surface area contributed by atoms with Crippen LogP contribution >= 0.6 is 0 Å². The van der Waals surface area contributed by atoms with E-state index in [-0.39, 0.29) is 0 Å². The minimum absolute atomic E-state index is 0.425. The molecule has 1 N–H and O–H groups in total. The zero-order valence-corrected chi connectivity index (χ0v) is 17.0. The quantitative estimate of drug-likeness (QED) is 0.234. The summed E-state index contributed by atoms with van der Waals surface area (Å²) in [6.45, 7) is 2.51. The van der Waals surface area contributed by atoms with Gasteiger partial charge in [0.2, 0.25) is 0 Å². The van der Waals surface area contributed by atoms with Crippen LogP contribution in [0.4, 0.5) is 5.69 Å². The van der Waals surface area contributed by atoms with Crippen LogP contribution in [0.1, 0.15) is 18.4 Å². The number of fused-ring (bicyclic) bond motifs is 2. The Balaban J connectivity index is 1.60. The molecule has 0 aliphatic carbocycles. The Morgan fingerprint density at radius 3 is 2.97 bits per heavy atom. The second-order valence-corrected chi connectivity index (χ2v) is 8.09. The van der Waals surface area contributed by atoms with E-state index in [1.54, 1.807) is 24.0 Å². The van der Waals surface area contributed by atoms with Crippen LogP contribution < -0.4 is 10.1 Å². The molecule has 0 radical (unpaired) electrons. The maximum Gasteiger partial charge on any atom is 0.178 e. The summed E-state index contributed by atoms with van der Waals surface area (Å²) < 4.78 is 6.92. The molecule has 29 heavy (non-hydrogen) atoms. The van der Waals surface area contributed by atoms with E-state index in [1.165, 1.54) is 0 Å². The van der Waals surface area contributed by atoms with Crippen molar-refractivity contribution < 1.29 is 4.74 Å². The molecule has 146 valence electrons. The summed E-state index contributed by atoms with van der Waals surface area (Å²) in [6.07, 6.45) is 3.40. The van der Waals surface area contributed by atoms with Crippen LogP contribution in [0.2, 0.25) is 0 Å². The Kier molecular flexibility index (Phi) is 5.35. The van der Waals surface area contributed by atoms with Gasteiger partial charge in [0, 0.05) is 18.2 Å². The van der Waals surface area contributed by atoms with E-state index < -0.39 is 10.5 Å². The summed E-state index contributed by atoms with van der Waals surface area (Å²) >= 11 is 0. The number of methoxy groups -OCH3 is 1. The van der Waals surface area contributed by atoms with Crippen molar-refractivity contribution in [2.24, 2.45) is 0 Å². The van der Waals surface area contributed by atoms with Crippen molar-refractivity contribution in [1.29, 1.82) is 0 Å². The van der Waals surface area contributed by atoms with Gasteiger partial charge in [-0.2, -0.15) is 9.61 Å². The largest absolute Gasteiger partial charge is 0.495 e. The highest BCUT2D eigenvalue weighted by Gasteiger charge is 2.10. The average molecular weight is 406 g/mol. The van der Waals surface area contributed by atoms with Gasteiger partial charge in [0.1, 0.15) is 22.2 Å². The fourth-order valence-electron chi connectivity index (χ4n) is 2.67. The van der Waals surface area contributed by atoms with Gasteiger partial charge in [0.25, 0.3) is 0 Å². The maximum atomic E-state index is 5.22. The highest BCUT2D eigenvalue weighted by atomic mass is 32.2. The summed E-state index contributed by atoms with van der Waals surface area (Å²) in [7, 11) is 1.08. The minimum Gasteiger partial charge on any atom is -0.495 e. The Labute approximate surface area is 170 Å². The van der Waals surface area contributed by atoms with Crippen molar-refractivity contribution in [3.63, 3.8) is 0 Å². The Morgan fingerprint density at radius 1 is 1.24 bits per heavy atom. The molecule has 1 unspecified atom stereocenters. The highest BCUT2D eigenvalue weighted by Crippen LogP contribution is 2.23. The lowest BCUT2D eigenvalue weighted by Gasteiger charge is -2.08. The molecule has 0 aliphatic rings. The Hall–Kier alpha value is -3.51. The van der Waals surface area contributed by atoms with Crippen LogP contribution in [0.5, 0.6) is 5.75 Å². The zero-order valence-electron chi connectivity index (χ0n) is 16.1. The van der Waals surface area contributed by atoms with Crippen molar-refractivity contribution in [2.45, 2.75) is 13.5 Å². The third kappa shape index (κ3) is 4.02. The smallest absolute Gasteiger partial charge is 0.178 e. The molecule has 0 spiro atoms. The van der Waals surface area contributed by atoms with Crippen molar-refractivity contribution in [1.82, 2.24) is 29.8 Å². The molecule has 4 aromatic rings. The molecule has 4 rings (SSSR count). The van der Waals surface area contributed by atoms with Gasteiger partial charge in [-0.25, -0.2) is 4.98 Å². The molecule has 4 heterocycles. The fourth-order valence-corrected chi connectivity index (χ4v) is 3.10. The van der Waals surface area contributed by atoms with Gasteiger partial charge in [0.15, 0.2) is 11.5 Å². The van der Waals surface area contributed by atoms with Gasteiger partial charge in [0.05, 0.1) is 42.7 Å². The highest BCUT2D eigenvalue weighted by molar-refractivity contribution is 7.98. The van der Waals surface area contributed by atoms with E-state index in [4.69, 9.17) is 4.74 Å². The lowest BCUT2D eigenvalue weighted by atomic mass is 10.2. The normalized spacial score (nSPS) is 11.8. The van der Waals surface area contributed by atoms with Gasteiger partial charge >= 0.3 is 0 Å². The van der Waals surface area contributed by atoms with E-state index >= 15 is 0 Å². The molecule has 0 saturated heterocycles. The van der Waals surface area contributed by atoms with Crippen LogP contribution in [0, 0.1) is 11.2 Å². The molecular weight excluding hydrogens is 386 g/mol. The van der Waals surface area contributed by atoms with Crippen molar-refractivity contribution in [2.75, 3.05) is 18.2 Å². The molecule has 0 amide bonds. The maximum absolute atomic E-state index is 5.22. The Bertz CT molecular complexity index is 1270. The van der Waals surface area contributed by atoms with Crippen LogP contribution in [0.3, 0.4) is 0 Å². The minimum atomic E-state index is -0.525. The topological polar surface area (TPSA) is 90.1 Å². The Morgan fingerprint density at radius 2 is 2.14 bits per heavy atom. The number of thiol groups is 1. The molecule has 9 heteroatoms. The molecule has 0 saturated carbocycles. The predicted octanol–water partition coefficient (Wildman–Crippen LogP) is 1.80.